The molecule has 100 valence electrons. The first kappa shape index (κ1) is 14.4. The van der Waals surface area contributed by atoms with Crippen LogP contribution in [0.5, 0.6) is 0 Å². The molecule has 0 amide bonds. The summed E-state index contributed by atoms with van der Waals surface area (Å²) in [6.07, 6.45) is 0. The lowest BCUT2D eigenvalue weighted by Crippen LogP contribution is -2.01. The summed E-state index contributed by atoms with van der Waals surface area (Å²) < 4.78 is 14.1. The zero-order chi connectivity index (χ0) is 14.0. The molecular weight excluding hydrogens is 329 g/mol. The highest BCUT2D eigenvalue weighted by molar-refractivity contribution is 9.10. The Hall–Kier alpha value is -1.06. The van der Waals surface area contributed by atoms with Crippen LogP contribution in [0.25, 0.3) is 0 Å². The smallest absolute Gasteiger partial charge is 0.126 e. The first-order valence-corrected chi connectivity index (χ1v) is 7.09. The van der Waals surface area contributed by atoms with E-state index < -0.39 is 0 Å². The van der Waals surface area contributed by atoms with Crippen molar-refractivity contribution in [3.8, 4) is 0 Å². The third-order valence-electron chi connectivity index (χ3n) is 2.95. The van der Waals surface area contributed by atoms with E-state index in [1.807, 2.05) is 25.1 Å². The van der Waals surface area contributed by atoms with Gasteiger partial charge in [-0.3, -0.25) is 0 Å². The van der Waals surface area contributed by atoms with Crippen molar-refractivity contribution in [1.29, 1.82) is 0 Å². The second-order valence-corrected chi connectivity index (χ2v) is 5.78. The highest BCUT2D eigenvalue weighted by Crippen LogP contribution is 2.29. The van der Waals surface area contributed by atoms with Crippen molar-refractivity contribution in [3.63, 3.8) is 0 Å². The molecule has 2 rings (SSSR count). The van der Waals surface area contributed by atoms with Crippen LogP contribution in [0.3, 0.4) is 0 Å². The van der Waals surface area contributed by atoms with Gasteiger partial charge in [-0.1, -0.05) is 23.7 Å². The van der Waals surface area contributed by atoms with E-state index in [0.717, 1.165) is 26.3 Å². The average Bonchev–Trinajstić information content (AvgIpc) is 2.36. The van der Waals surface area contributed by atoms with Crippen LogP contribution < -0.4 is 5.32 Å². The lowest BCUT2D eigenvalue weighted by atomic mass is 10.1. The van der Waals surface area contributed by atoms with Crippen molar-refractivity contribution in [3.05, 3.63) is 62.3 Å². The van der Waals surface area contributed by atoms with Gasteiger partial charge in [-0.2, -0.15) is 0 Å². The van der Waals surface area contributed by atoms with E-state index in [4.69, 9.17) is 11.6 Å². The Balaban J connectivity index is 2.14. The summed E-state index contributed by atoms with van der Waals surface area (Å²) in [7, 11) is 0. The van der Waals surface area contributed by atoms with E-state index in [9.17, 15) is 4.39 Å². The van der Waals surface area contributed by atoms with Gasteiger partial charge in [0, 0.05) is 16.0 Å². The highest BCUT2D eigenvalue weighted by Gasteiger charge is 2.05. The summed E-state index contributed by atoms with van der Waals surface area (Å²) in [6, 6.07) is 8.96. The summed E-state index contributed by atoms with van der Waals surface area (Å²) in [6.45, 7) is 4.34. The zero-order valence-electron chi connectivity index (χ0n) is 10.7. The van der Waals surface area contributed by atoms with Crippen LogP contribution >= 0.6 is 27.5 Å². The second-order valence-electron chi connectivity index (χ2n) is 4.52. The van der Waals surface area contributed by atoms with E-state index in [0.29, 0.717) is 12.1 Å². The minimum absolute atomic E-state index is 0.177. The molecule has 0 bridgehead atoms. The van der Waals surface area contributed by atoms with Crippen LogP contribution in [0.15, 0.2) is 34.8 Å². The first-order chi connectivity index (χ1) is 8.97. The molecule has 4 heteroatoms. The molecule has 0 radical (unpaired) electrons. The first-order valence-electron chi connectivity index (χ1n) is 5.92. The maximum absolute atomic E-state index is 13.2. The van der Waals surface area contributed by atoms with Gasteiger partial charge < -0.3 is 5.32 Å². The van der Waals surface area contributed by atoms with Gasteiger partial charge in [0.2, 0.25) is 0 Å². The lowest BCUT2D eigenvalue weighted by Gasteiger charge is -2.11. The summed E-state index contributed by atoms with van der Waals surface area (Å²) in [5.74, 6) is -0.177. The predicted octanol–water partition coefficient (Wildman–Crippen LogP) is 5.47. The quantitative estimate of drug-likeness (QED) is 0.780. The number of halogens is 3. The third-order valence-corrected chi connectivity index (χ3v) is 4.02. The molecule has 0 saturated heterocycles. The van der Waals surface area contributed by atoms with Crippen molar-refractivity contribution in [1.82, 2.24) is 0 Å². The molecule has 2 aromatic rings. The van der Waals surface area contributed by atoms with Crippen LogP contribution in [0, 0.1) is 19.7 Å². The van der Waals surface area contributed by atoms with Gasteiger partial charge in [0.05, 0.1) is 5.69 Å². The Morgan fingerprint density at radius 3 is 2.58 bits per heavy atom. The van der Waals surface area contributed by atoms with Gasteiger partial charge in [0.15, 0.2) is 0 Å². The Morgan fingerprint density at radius 1 is 1.16 bits per heavy atom. The van der Waals surface area contributed by atoms with Crippen molar-refractivity contribution < 1.29 is 4.39 Å². The number of nitrogens with one attached hydrogen (secondary N) is 1. The van der Waals surface area contributed by atoms with Crippen LogP contribution in [0.1, 0.15) is 16.7 Å². The number of anilines is 1. The maximum Gasteiger partial charge on any atom is 0.126 e. The Labute approximate surface area is 125 Å². The molecule has 1 nitrogen and oxygen atoms in total. The van der Waals surface area contributed by atoms with Gasteiger partial charge in [-0.25, -0.2) is 4.39 Å². The SMILES string of the molecule is Cc1cc(CNc2cc(Cl)c(C)cc2Br)ccc1F. The van der Waals surface area contributed by atoms with E-state index >= 15 is 0 Å². The molecule has 0 aromatic heterocycles. The topological polar surface area (TPSA) is 12.0 Å². The van der Waals surface area contributed by atoms with Crippen LogP contribution in [0.4, 0.5) is 10.1 Å². The summed E-state index contributed by atoms with van der Waals surface area (Å²) >= 11 is 9.60. The largest absolute Gasteiger partial charge is 0.380 e. The van der Waals surface area contributed by atoms with Gasteiger partial charge in [-0.05, 0) is 64.7 Å². The third kappa shape index (κ3) is 3.48. The second kappa shape index (κ2) is 5.93. The van der Waals surface area contributed by atoms with E-state index in [-0.39, 0.29) is 5.82 Å². The fourth-order valence-corrected chi connectivity index (χ4v) is 2.56. The molecule has 0 unspecified atom stereocenters. The molecule has 2 aromatic carbocycles. The van der Waals surface area contributed by atoms with Crippen LogP contribution in [-0.4, -0.2) is 0 Å². The van der Waals surface area contributed by atoms with E-state index in [1.165, 1.54) is 6.07 Å². The fraction of sp³-hybridized carbons (Fsp3) is 0.200. The summed E-state index contributed by atoms with van der Waals surface area (Å²) in [5, 5.41) is 4.01. The standard InChI is InChI=1S/C15H14BrClFN/c1-9-6-12(16)15(7-13(9)17)19-8-11-3-4-14(18)10(2)5-11/h3-7,19H,8H2,1-2H3. The zero-order valence-corrected chi connectivity index (χ0v) is 13.1. The van der Waals surface area contributed by atoms with E-state index in [1.54, 1.807) is 13.0 Å². The molecule has 1 N–H and O–H groups in total. The number of benzene rings is 2. The highest BCUT2D eigenvalue weighted by atomic mass is 79.9. The Morgan fingerprint density at radius 2 is 1.89 bits per heavy atom. The fourth-order valence-electron chi connectivity index (χ4n) is 1.80. The normalized spacial score (nSPS) is 10.6. The monoisotopic (exact) mass is 341 g/mol. The molecule has 0 aliphatic heterocycles. The molecule has 0 aliphatic rings. The van der Waals surface area contributed by atoms with Crippen molar-refractivity contribution >= 4 is 33.2 Å². The van der Waals surface area contributed by atoms with Crippen molar-refractivity contribution in [2.45, 2.75) is 20.4 Å². The number of aryl methyl sites for hydroxylation is 2. The average molecular weight is 343 g/mol. The molecule has 19 heavy (non-hydrogen) atoms. The number of rotatable bonds is 3. The Bertz CT molecular complexity index is 613. The molecule has 0 atom stereocenters. The van der Waals surface area contributed by atoms with Gasteiger partial charge >= 0.3 is 0 Å². The van der Waals surface area contributed by atoms with Crippen LogP contribution in [0.2, 0.25) is 5.02 Å². The molecule has 0 spiro atoms. The summed E-state index contributed by atoms with van der Waals surface area (Å²) in [4.78, 5) is 0. The molecule has 0 heterocycles. The minimum Gasteiger partial charge on any atom is -0.380 e. The summed E-state index contributed by atoms with van der Waals surface area (Å²) in [5.41, 5.74) is 3.64. The van der Waals surface area contributed by atoms with Crippen molar-refractivity contribution in [2.24, 2.45) is 0 Å². The molecule has 0 fully saturated rings. The van der Waals surface area contributed by atoms with Gasteiger partial charge in [0.1, 0.15) is 5.82 Å². The number of hydrogen-bond donors (Lipinski definition) is 1. The van der Waals surface area contributed by atoms with Gasteiger partial charge in [-0.15, -0.1) is 0 Å². The van der Waals surface area contributed by atoms with E-state index in [2.05, 4.69) is 21.2 Å². The molecule has 0 aliphatic carbocycles. The van der Waals surface area contributed by atoms with Gasteiger partial charge in [0.25, 0.3) is 0 Å². The Kier molecular flexibility index (Phi) is 4.48. The molecular formula is C15H14BrClFN. The lowest BCUT2D eigenvalue weighted by molar-refractivity contribution is 0.617. The number of hydrogen-bond acceptors (Lipinski definition) is 1. The van der Waals surface area contributed by atoms with Crippen LogP contribution in [-0.2, 0) is 6.54 Å². The van der Waals surface area contributed by atoms with Crippen molar-refractivity contribution in [2.75, 3.05) is 5.32 Å². The maximum atomic E-state index is 13.2. The molecule has 0 saturated carbocycles. The minimum atomic E-state index is -0.177. The predicted molar refractivity (Wildman–Crippen MR) is 82.4 cm³/mol.